The van der Waals surface area contributed by atoms with Crippen molar-refractivity contribution in [2.24, 2.45) is 0 Å². The zero-order chi connectivity index (χ0) is 15.6. The van der Waals surface area contributed by atoms with E-state index in [-0.39, 0.29) is 11.5 Å². The van der Waals surface area contributed by atoms with Crippen LogP contribution in [0.5, 0.6) is 11.5 Å². The van der Waals surface area contributed by atoms with Crippen LogP contribution in [-0.4, -0.2) is 17.2 Å². The number of carbonyl (C=O) groups is 1. The first-order valence-corrected chi connectivity index (χ1v) is 6.31. The van der Waals surface area contributed by atoms with Crippen LogP contribution in [0.15, 0.2) is 48.8 Å². The molecule has 0 atom stereocenters. The fourth-order valence-electron chi connectivity index (χ4n) is 1.86. The summed E-state index contributed by atoms with van der Waals surface area (Å²) in [6.07, 6.45) is 2.48. The normalized spacial score (nSPS) is 15.0. The van der Waals surface area contributed by atoms with Crippen molar-refractivity contribution in [1.82, 2.24) is 4.98 Å². The summed E-state index contributed by atoms with van der Waals surface area (Å²) in [5.74, 6) is -0.598. The summed E-state index contributed by atoms with van der Waals surface area (Å²) in [7, 11) is 0. The highest BCUT2D eigenvalue weighted by molar-refractivity contribution is 6.02. The van der Waals surface area contributed by atoms with Gasteiger partial charge in [0.1, 0.15) is 0 Å². The fraction of sp³-hybridized carbons (Fsp3) is 0.0667. The van der Waals surface area contributed by atoms with Gasteiger partial charge in [-0.05, 0) is 35.9 Å². The average molecular weight is 304 g/mol. The number of anilines is 1. The van der Waals surface area contributed by atoms with Crippen LogP contribution in [0, 0.1) is 0 Å². The molecule has 0 bridgehead atoms. The van der Waals surface area contributed by atoms with E-state index < -0.39 is 12.2 Å². The second-order valence-corrected chi connectivity index (χ2v) is 4.43. The molecule has 0 saturated carbocycles. The van der Waals surface area contributed by atoms with Crippen LogP contribution >= 0.6 is 0 Å². The molecule has 22 heavy (non-hydrogen) atoms. The summed E-state index contributed by atoms with van der Waals surface area (Å²) in [6.45, 7) is 0. The van der Waals surface area contributed by atoms with Crippen LogP contribution < -0.4 is 14.8 Å². The number of pyridine rings is 1. The largest absolute Gasteiger partial charge is 0.586 e. The summed E-state index contributed by atoms with van der Waals surface area (Å²) < 4.78 is 34.4. The van der Waals surface area contributed by atoms with E-state index in [9.17, 15) is 13.6 Å². The molecule has 1 aromatic carbocycles. The van der Waals surface area contributed by atoms with Gasteiger partial charge in [0, 0.05) is 30.2 Å². The van der Waals surface area contributed by atoms with Crippen LogP contribution in [0.4, 0.5) is 14.5 Å². The number of benzene rings is 1. The van der Waals surface area contributed by atoms with Crippen molar-refractivity contribution in [2.75, 3.05) is 5.32 Å². The molecule has 2 aromatic rings. The van der Waals surface area contributed by atoms with Gasteiger partial charge >= 0.3 is 6.29 Å². The molecule has 1 aliphatic heterocycles. The quantitative estimate of drug-likeness (QED) is 0.885. The highest BCUT2D eigenvalue weighted by Crippen LogP contribution is 2.42. The van der Waals surface area contributed by atoms with E-state index in [1.807, 2.05) is 0 Å². The Balaban J connectivity index is 1.67. The minimum Gasteiger partial charge on any atom is -0.395 e. The van der Waals surface area contributed by atoms with Gasteiger partial charge in [-0.3, -0.25) is 9.78 Å². The Morgan fingerprint density at radius 1 is 1.14 bits per heavy atom. The third kappa shape index (κ3) is 3.20. The number of rotatable bonds is 3. The highest BCUT2D eigenvalue weighted by Gasteiger charge is 2.43. The van der Waals surface area contributed by atoms with Gasteiger partial charge in [-0.15, -0.1) is 8.78 Å². The zero-order valence-corrected chi connectivity index (χ0v) is 11.1. The Labute approximate surface area is 124 Å². The predicted octanol–water partition coefficient (Wildman–Crippen LogP) is 3.06. The Kier molecular flexibility index (Phi) is 3.46. The lowest BCUT2D eigenvalue weighted by molar-refractivity contribution is -0.286. The first-order valence-electron chi connectivity index (χ1n) is 6.31. The first-order chi connectivity index (χ1) is 10.5. The fourth-order valence-corrected chi connectivity index (χ4v) is 1.86. The van der Waals surface area contributed by atoms with Gasteiger partial charge in [-0.2, -0.15) is 0 Å². The molecule has 1 aliphatic rings. The lowest BCUT2D eigenvalue weighted by Gasteiger charge is -2.04. The number of aromatic nitrogens is 1. The number of hydrogen-bond donors (Lipinski definition) is 1. The second kappa shape index (κ2) is 5.44. The molecule has 5 nitrogen and oxygen atoms in total. The maximum absolute atomic E-state index is 12.9. The molecule has 1 N–H and O–H groups in total. The van der Waals surface area contributed by atoms with E-state index >= 15 is 0 Å². The Morgan fingerprint density at radius 3 is 2.64 bits per heavy atom. The molecule has 0 fully saturated rings. The van der Waals surface area contributed by atoms with E-state index in [4.69, 9.17) is 0 Å². The van der Waals surface area contributed by atoms with Crippen molar-refractivity contribution in [3.63, 3.8) is 0 Å². The lowest BCUT2D eigenvalue weighted by atomic mass is 10.2. The number of nitrogens with zero attached hydrogens (tertiary/aromatic N) is 1. The molecule has 2 heterocycles. The monoisotopic (exact) mass is 304 g/mol. The minimum absolute atomic E-state index is 0.0738. The number of ether oxygens (including phenoxy) is 2. The van der Waals surface area contributed by atoms with Gasteiger partial charge in [0.15, 0.2) is 11.5 Å². The molecular formula is C15H10F2N2O3. The topological polar surface area (TPSA) is 60.5 Å². The Bertz CT molecular complexity index is 733. The SMILES string of the molecule is O=C(/C=C/c1ccncc1)Nc1ccc2c(c1)OC(F)(F)O2. The molecule has 0 spiro atoms. The molecule has 1 amide bonds. The molecule has 1 aromatic heterocycles. The molecule has 112 valence electrons. The molecule has 0 aliphatic carbocycles. The summed E-state index contributed by atoms with van der Waals surface area (Å²) in [5.41, 5.74) is 1.14. The van der Waals surface area contributed by atoms with E-state index in [0.717, 1.165) is 5.56 Å². The third-order valence-corrected chi connectivity index (χ3v) is 2.80. The van der Waals surface area contributed by atoms with Crippen LogP contribution in [0.25, 0.3) is 6.08 Å². The maximum atomic E-state index is 12.9. The summed E-state index contributed by atoms with van der Waals surface area (Å²) >= 11 is 0. The Hall–Kier alpha value is -2.96. The van der Waals surface area contributed by atoms with Crippen molar-refractivity contribution in [2.45, 2.75) is 6.29 Å². The second-order valence-electron chi connectivity index (χ2n) is 4.43. The van der Waals surface area contributed by atoms with E-state index in [0.29, 0.717) is 5.69 Å². The van der Waals surface area contributed by atoms with Crippen molar-refractivity contribution >= 4 is 17.7 Å². The van der Waals surface area contributed by atoms with Gasteiger partial charge in [-0.1, -0.05) is 0 Å². The molecule has 0 unspecified atom stereocenters. The third-order valence-electron chi connectivity index (χ3n) is 2.80. The van der Waals surface area contributed by atoms with Crippen LogP contribution in [0.2, 0.25) is 0 Å². The van der Waals surface area contributed by atoms with Gasteiger partial charge in [0.05, 0.1) is 0 Å². The van der Waals surface area contributed by atoms with Gasteiger partial charge in [-0.25, -0.2) is 0 Å². The number of carbonyl (C=O) groups excluding carboxylic acids is 1. The lowest BCUT2D eigenvalue weighted by Crippen LogP contribution is -2.25. The zero-order valence-electron chi connectivity index (χ0n) is 11.1. The van der Waals surface area contributed by atoms with Crippen LogP contribution in [-0.2, 0) is 4.79 Å². The minimum atomic E-state index is -3.67. The smallest absolute Gasteiger partial charge is 0.395 e. The summed E-state index contributed by atoms with van der Waals surface area (Å²) in [5, 5.41) is 2.55. The standard InChI is InChI=1S/C15H10F2N2O3/c16-15(17)21-12-3-2-11(9-13(12)22-15)19-14(20)4-1-10-5-7-18-8-6-10/h1-9H,(H,19,20)/b4-1+. The molecule has 3 rings (SSSR count). The molecule has 0 radical (unpaired) electrons. The number of alkyl halides is 2. The van der Waals surface area contributed by atoms with Gasteiger partial charge < -0.3 is 14.8 Å². The van der Waals surface area contributed by atoms with E-state index in [1.165, 1.54) is 24.3 Å². The van der Waals surface area contributed by atoms with E-state index in [1.54, 1.807) is 30.6 Å². The van der Waals surface area contributed by atoms with Crippen molar-refractivity contribution in [3.8, 4) is 11.5 Å². The predicted molar refractivity (Wildman–Crippen MR) is 74.5 cm³/mol. The van der Waals surface area contributed by atoms with E-state index in [2.05, 4.69) is 19.8 Å². The average Bonchev–Trinajstić information content (AvgIpc) is 2.79. The first kappa shape index (κ1) is 14.0. The number of nitrogens with one attached hydrogen (secondary N) is 1. The van der Waals surface area contributed by atoms with Crippen molar-refractivity contribution < 1.29 is 23.0 Å². The van der Waals surface area contributed by atoms with Gasteiger partial charge in [0.25, 0.3) is 0 Å². The summed E-state index contributed by atoms with van der Waals surface area (Å²) in [6, 6.07) is 7.51. The number of fused-ring (bicyclic) bond motifs is 1. The number of hydrogen-bond acceptors (Lipinski definition) is 4. The van der Waals surface area contributed by atoms with Crippen LogP contribution in [0.3, 0.4) is 0 Å². The number of halogens is 2. The highest BCUT2D eigenvalue weighted by atomic mass is 19.3. The summed E-state index contributed by atoms with van der Waals surface area (Å²) in [4.78, 5) is 15.6. The van der Waals surface area contributed by atoms with Crippen molar-refractivity contribution in [3.05, 3.63) is 54.4 Å². The van der Waals surface area contributed by atoms with Gasteiger partial charge in [0.2, 0.25) is 5.91 Å². The molecular weight excluding hydrogens is 294 g/mol. The van der Waals surface area contributed by atoms with Crippen LogP contribution in [0.1, 0.15) is 5.56 Å². The molecule has 7 heteroatoms. The Morgan fingerprint density at radius 2 is 1.86 bits per heavy atom. The number of amides is 1. The molecule has 0 saturated heterocycles. The maximum Gasteiger partial charge on any atom is 0.586 e. The van der Waals surface area contributed by atoms with Crippen molar-refractivity contribution in [1.29, 1.82) is 0 Å².